The SMILES string of the molecule is COc1cccc(Cn2nc3n(c2=O)CCC(NC(=O)c2ccc(SC)cc2)CC3)c1. The molecule has 4 rings (SSSR count). The third kappa shape index (κ3) is 4.85. The molecule has 3 aromatic rings. The van der Waals surface area contributed by atoms with Crippen molar-refractivity contribution >= 4 is 17.7 Å². The highest BCUT2D eigenvalue weighted by Crippen LogP contribution is 2.17. The van der Waals surface area contributed by atoms with Crippen LogP contribution in [-0.4, -0.2) is 39.7 Å². The molecule has 0 spiro atoms. The van der Waals surface area contributed by atoms with Crippen LogP contribution in [0.1, 0.15) is 34.6 Å². The highest BCUT2D eigenvalue weighted by molar-refractivity contribution is 7.98. The Labute approximate surface area is 185 Å². The Morgan fingerprint density at radius 3 is 2.77 bits per heavy atom. The lowest BCUT2D eigenvalue weighted by Gasteiger charge is -2.16. The van der Waals surface area contributed by atoms with Crippen LogP contribution >= 0.6 is 11.8 Å². The number of aryl methyl sites for hydroxylation is 1. The molecule has 1 aliphatic heterocycles. The summed E-state index contributed by atoms with van der Waals surface area (Å²) in [6.45, 7) is 0.949. The van der Waals surface area contributed by atoms with Crippen molar-refractivity contribution in [1.82, 2.24) is 19.7 Å². The van der Waals surface area contributed by atoms with Crippen molar-refractivity contribution in [3.8, 4) is 5.75 Å². The number of amides is 1. The van der Waals surface area contributed by atoms with Gasteiger partial charge in [0.1, 0.15) is 11.6 Å². The molecule has 1 atom stereocenters. The van der Waals surface area contributed by atoms with Gasteiger partial charge in [0.15, 0.2) is 0 Å². The van der Waals surface area contributed by atoms with E-state index in [1.807, 2.05) is 54.8 Å². The van der Waals surface area contributed by atoms with E-state index in [9.17, 15) is 9.59 Å². The van der Waals surface area contributed by atoms with E-state index >= 15 is 0 Å². The highest BCUT2D eigenvalue weighted by atomic mass is 32.2. The molecule has 31 heavy (non-hydrogen) atoms. The Balaban J connectivity index is 1.41. The van der Waals surface area contributed by atoms with Gasteiger partial charge in [0.25, 0.3) is 5.91 Å². The summed E-state index contributed by atoms with van der Waals surface area (Å²) in [5.74, 6) is 1.45. The van der Waals surface area contributed by atoms with E-state index in [2.05, 4.69) is 10.4 Å². The van der Waals surface area contributed by atoms with Crippen LogP contribution in [0.3, 0.4) is 0 Å². The smallest absolute Gasteiger partial charge is 0.346 e. The first-order valence-corrected chi connectivity index (χ1v) is 11.5. The van der Waals surface area contributed by atoms with Gasteiger partial charge in [0.2, 0.25) is 0 Å². The number of ether oxygens (including phenoxy) is 1. The van der Waals surface area contributed by atoms with Gasteiger partial charge in [-0.2, -0.15) is 5.10 Å². The van der Waals surface area contributed by atoms with E-state index < -0.39 is 0 Å². The summed E-state index contributed by atoms with van der Waals surface area (Å²) < 4.78 is 8.50. The van der Waals surface area contributed by atoms with Gasteiger partial charge in [-0.3, -0.25) is 9.36 Å². The standard InChI is InChI=1S/C23H26N4O3S/c1-30-19-5-3-4-16(14-19)15-27-23(29)26-13-12-18(8-11-21(26)25-27)24-22(28)17-6-9-20(31-2)10-7-17/h3-7,9-10,14,18H,8,11-13,15H2,1-2H3,(H,24,28). The first kappa shape index (κ1) is 21.2. The number of fused-ring (bicyclic) bond motifs is 1. The molecule has 0 bridgehead atoms. The van der Waals surface area contributed by atoms with Gasteiger partial charge in [-0.15, -0.1) is 11.8 Å². The summed E-state index contributed by atoms with van der Waals surface area (Å²) in [7, 11) is 1.62. The maximum absolute atomic E-state index is 12.9. The summed E-state index contributed by atoms with van der Waals surface area (Å²) in [5.41, 5.74) is 1.50. The summed E-state index contributed by atoms with van der Waals surface area (Å²) in [4.78, 5) is 26.6. The van der Waals surface area contributed by atoms with Crippen LogP contribution in [0.15, 0.2) is 58.2 Å². The second-order valence-corrected chi connectivity index (χ2v) is 8.47. The van der Waals surface area contributed by atoms with Gasteiger partial charge >= 0.3 is 5.69 Å². The number of aromatic nitrogens is 3. The molecule has 162 valence electrons. The first-order valence-electron chi connectivity index (χ1n) is 10.3. The molecule has 8 heteroatoms. The Bertz CT molecular complexity index is 1120. The minimum absolute atomic E-state index is 0.0145. The van der Waals surface area contributed by atoms with E-state index in [4.69, 9.17) is 4.74 Å². The van der Waals surface area contributed by atoms with Gasteiger partial charge in [-0.1, -0.05) is 12.1 Å². The highest BCUT2D eigenvalue weighted by Gasteiger charge is 2.22. The third-order valence-electron chi connectivity index (χ3n) is 5.57. The van der Waals surface area contributed by atoms with Crippen LogP contribution in [0, 0.1) is 0 Å². The van der Waals surface area contributed by atoms with Crippen LogP contribution in [0.25, 0.3) is 0 Å². The molecule has 0 saturated carbocycles. The minimum atomic E-state index is -0.113. The van der Waals surface area contributed by atoms with Crippen molar-refractivity contribution in [1.29, 1.82) is 0 Å². The van der Waals surface area contributed by atoms with Crippen LogP contribution in [0.4, 0.5) is 0 Å². The van der Waals surface area contributed by atoms with Crippen LogP contribution in [-0.2, 0) is 19.5 Å². The molecule has 2 heterocycles. The van der Waals surface area contributed by atoms with Crippen molar-refractivity contribution in [2.75, 3.05) is 13.4 Å². The minimum Gasteiger partial charge on any atom is -0.497 e. The second-order valence-electron chi connectivity index (χ2n) is 7.59. The topological polar surface area (TPSA) is 78.2 Å². The number of thioether (sulfide) groups is 1. The Hall–Kier alpha value is -3.00. The molecule has 1 unspecified atom stereocenters. The fourth-order valence-electron chi connectivity index (χ4n) is 3.83. The zero-order valence-electron chi connectivity index (χ0n) is 17.7. The zero-order valence-corrected chi connectivity index (χ0v) is 18.5. The summed E-state index contributed by atoms with van der Waals surface area (Å²) in [5, 5.41) is 7.68. The molecule has 0 aliphatic carbocycles. The van der Waals surface area contributed by atoms with Crippen molar-refractivity contribution in [3.05, 3.63) is 76.0 Å². The maximum Gasteiger partial charge on any atom is 0.346 e. The number of benzene rings is 2. The molecule has 1 aliphatic rings. The van der Waals surface area contributed by atoms with Crippen LogP contribution in [0.2, 0.25) is 0 Å². The summed E-state index contributed by atoms with van der Waals surface area (Å²) in [6, 6.07) is 15.3. The van der Waals surface area contributed by atoms with Gasteiger partial charge in [0.05, 0.1) is 13.7 Å². The predicted octanol–water partition coefficient (Wildman–Crippen LogP) is 2.96. The average molecular weight is 439 g/mol. The number of rotatable bonds is 6. The largest absolute Gasteiger partial charge is 0.497 e. The van der Waals surface area contributed by atoms with E-state index in [-0.39, 0.29) is 17.6 Å². The molecular formula is C23H26N4O3S. The normalized spacial score (nSPS) is 15.7. The van der Waals surface area contributed by atoms with Crippen molar-refractivity contribution in [2.45, 2.75) is 43.3 Å². The van der Waals surface area contributed by atoms with Gasteiger partial charge in [-0.05, 0) is 61.1 Å². The Kier molecular flexibility index (Phi) is 6.46. The zero-order chi connectivity index (χ0) is 21.8. The van der Waals surface area contributed by atoms with Crippen LogP contribution < -0.4 is 15.7 Å². The second kappa shape index (κ2) is 9.43. The number of hydrogen-bond acceptors (Lipinski definition) is 5. The lowest BCUT2D eigenvalue weighted by atomic mass is 10.1. The molecule has 0 fully saturated rings. The molecule has 1 N–H and O–H groups in total. The number of carbonyl (C=O) groups is 1. The number of methoxy groups -OCH3 is 1. The van der Waals surface area contributed by atoms with E-state index in [0.717, 1.165) is 28.5 Å². The quantitative estimate of drug-likeness (QED) is 0.599. The molecule has 1 aromatic heterocycles. The van der Waals surface area contributed by atoms with Gasteiger partial charge in [-0.25, -0.2) is 9.48 Å². The third-order valence-corrected chi connectivity index (χ3v) is 6.31. The molecular weight excluding hydrogens is 412 g/mol. The molecule has 7 nitrogen and oxygen atoms in total. The fourth-order valence-corrected chi connectivity index (χ4v) is 4.24. The van der Waals surface area contributed by atoms with Crippen molar-refractivity contribution in [2.24, 2.45) is 0 Å². The summed E-state index contributed by atoms with van der Waals surface area (Å²) >= 11 is 1.65. The number of nitrogens with zero attached hydrogens (tertiary/aromatic N) is 3. The fraction of sp³-hybridized carbons (Fsp3) is 0.348. The van der Waals surface area contributed by atoms with Crippen molar-refractivity contribution < 1.29 is 9.53 Å². The van der Waals surface area contributed by atoms with Gasteiger partial charge in [0, 0.05) is 29.5 Å². The lowest BCUT2D eigenvalue weighted by Crippen LogP contribution is -2.35. The van der Waals surface area contributed by atoms with E-state index in [1.54, 1.807) is 23.4 Å². The Morgan fingerprint density at radius 2 is 2.03 bits per heavy atom. The van der Waals surface area contributed by atoms with E-state index in [0.29, 0.717) is 31.5 Å². The molecule has 0 saturated heterocycles. The van der Waals surface area contributed by atoms with Crippen LogP contribution in [0.5, 0.6) is 5.75 Å². The Morgan fingerprint density at radius 1 is 1.23 bits per heavy atom. The number of nitrogens with one attached hydrogen (secondary N) is 1. The number of hydrogen-bond donors (Lipinski definition) is 1. The predicted molar refractivity (Wildman–Crippen MR) is 121 cm³/mol. The summed E-state index contributed by atoms with van der Waals surface area (Å²) in [6.07, 6.45) is 4.11. The average Bonchev–Trinajstić information content (AvgIpc) is 2.96. The van der Waals surface area contributed by atoms with E-state index in [1.165, 1.54) is 4.68 Å². The molecule has 2 aromatic carbocycles. The maximum atomic E-state index is 12.9. The van der Waals surface area contributed by atoms with Gasteiger partial charge < -0.3 is 10.1 Å². The first-order chi connectivity index (χ1) is 15.1. The van der Waals surface area contributed by atoms with Crippen molar-refractivity contribution in [3.63, 3.8) is 0 Å². The monoisotopic (exact) mass is 438 g/mol. The lowest BCUT2D eigenvalue weighted by molar-refractivity contribution is 0.0933. The molecule has 0 radical (unpaired) electrons. The number of carbonyl (C=O) groups excluding carboxylic acids is 1. The molecule has 1 amide bonds.